The predicted molar refractivity (Wildman–Crippen MR) is 68.8 cm³/mol. The SMILES string of the molecule is C=CC(C)NC(=O)NC(C)c1nc(C(=O)O)cs1. The minimum absolute atomic E-state index is 0.0106. The Morgan fingerprint density at radius 3 is 2.67 bits per heavy atom. The molecule has 7 heteroatoms. The van der Waals surface area contributed by atoms with Gasteiger partial charge in [0, 0.05) is 11.4 Å². The van der Waals surface area contributed by atoms with Crippen LogP contribution in [-0.4, -0.2) is 28.1 Å². The van der Waals surface area contributed by atoms with E-state index in [-0.39, 0.29) is 23.8 Å². The molecule has 2 atom stereocenters. The number of amides is 2. The Balaban J connectivity index is 2.58. The second kappa shape index (κ2) is 6.15. The molecule has 0 spiro atoms. The Bertz CT molecular complexity index is 458. The van der Waals surface area contributed by atoms with Crippen molar-refractivity contribution in [1.29, 1.82) is 0 Å². The maximum absolute atomic E-state index is 11.5. The number of hydrogen-bond donors (Lipinski definition) is 3. The van der Waals surface area contributed by atoms with Gasteiger partial charge in [0.15, 0.2) is 5.69 Å². The quantitative estimate of drug-likeness (QED) is 0.710. The first kappa shape index (κ1) is 14.2. The maximum Gasteiger partial charge on any atom is 0.355 e. The summed E-state index contributed by atoms with van der Waals surface area (Å²) < 4.78 is 0. The maximum atomic E-state index is 11.5. The van der Waals surface area contributed by atoms with E-state index in [1.54, 1.807) is 19.9 Å². The van der Waals surface area contributed by atoms with Gasteiger partial charge in [0.1, 0.15) is 5.01 Å². The van der Waals surface area contributed by atoms with Crippen LogP contribution in [0.5, 0.6) is 0 Å². The minimum Gasteiger partial charge on any atom is -0.476 e. The third-order valence-corrected chi connectivity index (χ3v) is 3.20. The number of carbonyl (C=O) groups is 2. The van der Waals surface area contributed by atoms with Crippen LogP contribution in [0.3, 0.4) is 0 Å². The molecular formula is C11H15N3O3S. The van der Waals surface area contributed by atoms with Gasteiger partial charge in [-0.25, -0.2) is 14.6 Å². The average Bonchev–Trinajstić information content (AvgIpc) is 2.77. The highest BCUT2D eigenvalue weighted by Gasteiger charge is 2.16. The van der Waals surface area contributed by atoms with Crippen LogP contribution in [0.1, 0.15) is 35.4 Å². The van der Waals surface area contributed by atoms with E-state index >= 15 is 0 Å². The first-order valence-electron chi connectivity index (χ1n) is 5.32. The lowest BCUT2D eigenvalue weighted by molar-refractivity contribution is 0.0691. The van der Waals surface area contributed by atoms with Crippen molar-refractivity contribution in [3.8, 4) is 0 Å². The number of hydrogen-bond acceptors (Lipinski definition) is 4. The monoisotopic (exact) mass is 269 g/mol. The van der Waals surface area contributed by atoms with Crippen LogP contribution in [0.15, 0.2) is 18.0 Å². The molecule has 1 aromatic heterocycles. The largest absolute Gasteiger partial charge is 0.476 e. The van der Waals surface area contributed by atoms with Gasteiger partial charge in [0.2, 0.25) is 0 Å². The van der Waals surface area contributed by atoms with Gasteiger partial charge in [0.05, 0.1) is 6.04 Å². The highest BCUT2D eigenvalue weighted by Crippen LogP contribution is 2.17. The Morgan fingerprint density at radius 2 is 2.17 bits per heavy atom. The molecule has 0 bridgehead atoms. The Labute approximate surface area is 109 Å². The van der Waals surface area contributed by atoms with Gasteiger partial charge >= 0.3 is 12.0 Å². The predicted octanol–water partition coefficient (Wildman–Crippen LogP) is 1.78. The number of urea groups is 1. The smallest absolute Gasteiger partial charge is 0.355 e. The number of carboxylic acids is 1. The molecule has 1 heterocycles. The van der Waals surface area contributed by atoms with Crippen molar-refractivity contribution >= 4 is 23.3 Å². The van der Waals surface area contributed by atoms with Crippen LogP contribution in [0.4, 0.5) is 4.79 Å². The lowest BCUT2D eigenvalue weighted by atomic mass is 10.3. The number of aromatic carboxylic acids is 1. The van der Waals surface area contributed by atoms with E-state index in [9.17, 15) is 9.59 Å². The molecule has 1 rings (SSSR count). The molecule has 0 aromatic carbocycles. The molecule has 2 unspecified atom stereocenters. The molecule has 0 radical (unpaired) electrons. The molecular weight excluding hydrogens is 254 g/mol. The fraction of sp³-hybridized carbons (Fsp3) is 0.364. The highest BCUT2D eigenvalue weighted by molar-refractivity contribution is 7.09. The van der Waals surface area contributed by atoms with Gasteiger partial charge in [-0.05, 0) is 13.8 Å². The van der Waals surface area contributed by atoms with E-state index in [1.807, 2.05) is 0 Å². The Morgan fingerprint density at radius 1 is 1.50 bits per heavy atom. The standard InChI is InChI=1S/C11H15N3O3S/c1-4-6(2)12-11(17)13-7(3)9-14-8(5-18-9)10(15)16/h4-7H,1H2,2-3H3,(H,15,16)(H2,12,13,17). The molecule has 0 aliphatic heterocycles. The summed E-state index contributed by atoms with van der Waals surface area (Å²) in [6, 6.07) is -0.829. The third kappa shape index (κ3) is 3.85. The summed E-state index contributed by atoms with van der Waals surface area (Å²) in [6.45, 7) is 7.09. The van der Waals surface area contributed by atoms with Gasteiger partial charge in [-0.2, -0.15) is 0 Å². The Kier molecular flexibility index (Phi) is 4.85. The summed E-state index contributed by atoms with van der Waals surface area (Å²) >= 11 is 1.20. The summed E-state index contributed by atoms with van der Waals surface area (Å²) in [5.41, 5.74) is -0.0106. The van der Waals surface area contributed by atoms with Crippen LogP contribution in [0, 0.1) is 0 Å². The van der Waals surface area contributed by atoms with Gasteiger partial charge in [-0.1, -0.05) is 6.08 Å². The fourth-order valence-electron chi connectivity index (χ4n) is 1.15. The lowest BCUT2D eigenvalue weighted by Crippen LogP contribution is -2.40. The zero-order chi connectivity index (χ0) is 13.7. The van der Waals surface area contributed by atoms with Crippen molar-refractivity contribution in [2.45, 2.75) is 25.9 Å². The summed E-state index contributed by atoms with van der Waals surface area (Å²) in [4.78, 5) is 26.1. The van der Waals surface area contributed by atoms with Crippen LogP contribution in [0.2, 0.25) is 0 Å². The van der Waals surface area contributed by atoms with Crippen molar-refractivity contribution in [1.82, 2.24) is 15.6 Å². The zero-order valence-electron chi connectivity index (χ0n) is 10.1. The van der Waals surface area contributed by atoms with E-state index in [2.05, 4.69) is 22.2 Å². The van der Waals surface area contributed by atoms with E-state index in [4.69, 9.17) is 5.11 Å². The molecule has 18 heavy (non-hydrogen) atoms. The highest BCUT2D eigenvalue weighted by atomic mass is 32.1. The number of thiazole rings is 1. The van der Waals surface area contributed by atoms with E-state index in [0.717, 1.165) is 0 Å². The number of aromatic nitrogens is 1. The molecule has 1 aromatic rings. The number of carbonyl (C=O) groups excluding carboxylic acids is 1. The molecule has 0 saturated carbocycles. The van der Waals surface area contributed by atoms with Crippen molar-refractivity contribution < 1.29 is 14.7 Å². The first-order chi connectivity index (χ1) is 8.43. The summed E-state index contributed by atoms with van der Waals surface area (Å²) in [5.74, 6) is -1.07. The molecule has 6 nitrogen and oxygen atoms in total. The minimum atomic E-state index is -1.07. The van der Waals surface area contributed by atoms with E-state index in [1.165, 1.54) is 16.7 Å². The second-order valence-electron chi connectivity index (χ2n) is 3.74. The van der Waals surface area contributed by atoms with Crippen molar-refractivity contribution in [2.24, 2.45) is 0 Å². The molecule has 0 saturated heterocycles. The fourth-order valence-corrected chi connectivity index (χ4v) is 1.95. The van der Waals surface area contributed by atoms with Gasteiger partial charge in [0.25, 0.3) is 0 Å². The van der Waals surface area contributed by atoms with Gasteiger partial charge < -0.3 is 15.7 Å². The van der Waals surface area contributed by atoms with Gasteiger partial charge in [-0.3, -0.25) is 0 Å². The molecule has 0 aliphatic rings. The molecule has 2 amide bonds. The van der Waals surface area contributed by atoms with Crippen LogP contribution < -0.4 is 10.6 Å². The first-order valence-corrected chi connectivity index (χ1v) is 6.20. The number of rotatable bonds is 5. The zero-order valence-corrected chi connectivity index (χ0v) is 11.0. The van der Waals surface area contributed by atoms with Gasteiger partial charge in [-0.15, -0.1) is 17.9 Å². The molecule has 0 fully saturated rings. The number of nitrogens with one attached hydrogen (secondary N) is 2. The van der Waals surface area contributed by atoms with Crippen LogP contribution in [0.25, 0.3) is 0 Å². The van der Waals surface area contributed by atoms with Crippen molar-refractivity contribution in [3.63, 3.8) is 0 Å². The molecule has 3 N–H and O–H groups in total. The lowest BCUT2D eigenvalue weighted by Gasteiger charge is -2.14. The summed E-state index contributed by atoms with van der Waals surface area (Å²) in [5, 5.41) is 16.1. The second-order valence-corrected chi connectivity index (χ2v) is 4.63. The number of nitrogens with zero attached hydrogens (tertiary/aromatic N) is 1. The van der Waals surface area contributed by atoms with Crippen LogP contribution in [-0.2, 0) is 0 Å². The van der Waals surface area contributed by atoms with Crippen LogP contribution >= 0.6 is 11.3 Å². The molecule has 98 valence electrons. The third-order valence-electron chi connectivity index (χ3n) is 2.17. The topological polar surface area (TPSA) is 91.3 Å². The van der Waals surface area contributed by atoms with E-state index in [0.29, 0.717) is 5.01 Å². The van der Waals surface area contributed by atoms with Crippen molar-refractivity contribution in [3.05, 3.63) is 28.7 Å². The summed E-state index contributed by atoms with van der Waals surface area (Å²) in [7, 11) is 0. The summed E-state index contributed by atoms with van der Waals surface area (Å²) in [6.07, 6.45) is 1.61. The Hall–Kier alpha value is -1.89. The van der Waals surface area contributed by atoms with Crippen molar-refractivity contribution in [2.75, 3.05) is 0 Å². The van der Waals surface area contributed by atoms with E-state index < -0.39 is 5.97 Å². The average molecular weight is 269 g/mol. The normalized spacial score (nSPS) is 13.4. The number of carboxylic acid groups (broad SMARTS) is 1. The molecule has 0 aliphatic carbocycles.